The quantitative estimate of drug-likeness (QED) is 0.791. The van der Waals surface area contributed by atoms with Crippen LogP contribution < -0.4 is 0 Å². The van der Waals surface area contributed by atoms with E-state index in [-0.39, 0.29) is 30.8 Å². The van der Waals surface area contributed by atoms with Crippen LogP contribution in [0.3, 0.4) is 0 Å². The SMILES string of the molecule is O=C(OC[C@@H]1C[C@@H](OC(=O)c2ccccc2)CO1)c1ccccc1. The number of ether oxygens (including phenoxy) is 3. The summed E-state index contributed by atoms with van der Waals surface area (Å²) in [6, 6.07) is 17.6. The summed E-state index contributed by atoms with van der Waals surface area (Å²) in [4.78, 5) is 23.9. The summed E-state index contributed by atoms with van der Waals surface area (Å²) >= 11 is 0. The minimum Gasteiger partial charge on any atom is -0.459 e. The molecular weight excluding hydrogens is 308 g/mol. The molecule has 1 aliphatic rings. The number of rotatable bonds is 5. The van der Waals surface area contributed by atoms with Crippen molar-refractivity contribution in [1.82, 2.24) is 0 Å². The van der Waals surface area contributed by atoms with Crippen LogP contribution in [0.15, 0.2) is 60.7 Å². The normalized spacial score (nSPS) is 19.7. The zero-order valence-electron chi connectivity index (χ0n) is 13.1. The first-order chi connectivity index (χ1) is 11.7. The van der Waals surface area contributed by atoms with Crippen LogP contribution >= 0.6 is 0 Å². The highest BCUT2D eigenvalue weighted by Gasteiger charge is 2.29. The van der Waals surface area contributed by atoms with E-state index in [2.05, 4.69) is 0 Å². The fourth-order valence-electron chi connectivity index (χ4n) is 2.49. The Balaban J connectivity index is 1.44. The summed E-state index contributed by atoms with van der Waals surface area (Å²) in [5.74, 6) is -0.755. The number of carbonyl (C=O) groups excluding carboxylic acids is 2. The third kappa shape index (κ3) is 4.20. The number of benzene rings is 2. The van der Waals surface area contributed by atoms with E-state index in [1.54, 1.807) is 48.5 Å². The standard InChI is InChI=1S/C19H18O5/c20-18(14-7-3-1-4-8-14)23-12-16-11-17(13-22-16)24-19(21)15-9-5-2-6-10-15/h1-10,16-17H,11-13H2/t16-,17+/m0/s1. The largest absolute Gasteiger partial charge is 0.459 e. The highest BCUT2D eigenvalue weighted by molar-refractivity contribution is 5.89. The van der Waals surface area contributed by atoms with Crippen LogP contribution in [0, 0.1) is 0 Å². The lowest BCUT2D eigenvalue weighted by Crippen LogP contribution is -2.20. The maximum atomic E-state index is 12.0. The Morgan fingerprint density at radius 3 is 2.12 bits per heavy atom. The Kier molecular flexibility index (Phi) is 5.23. The van der Waals surface area contributed by atoms with Gasteiger partial charge in [-0.2, -0.15) is 0 Å². The van der Waals surface area contributed by atoms with Gasteiger partial charge < -0.3 is 14.2 Å². The lowest BCUT2D eigenvalue weighted by atomic mass is 10.2. The molecule has 0 aliphatic carbocycles. The maximum Gasteiger partial charge on any atom is 0.338 e. The second-order valence-electron chi connectivity index (χ2n) is 5.55. The molecule has 1 fully saturated rings. The Hall–Kier alpha value is -2.66. The first-order valence-electron chi connectivity index (χ1n) is 7.82. The molecule has 0 amide bonds. The van der Waals surface area contributed by atoms with Crippen molar-refractivity contribution in [3.05, 3.63) is 71.8 Å². The van der Waals surface area contributed by atoms with E-state index >= 15 is 0 Å². The van der Waals surface area contributed by atoms with Crippen molar-refractivity contribution < 1.29 is 23.8 Å². The minimum absolute atomic E-state index is 0.146. The third-order valence-corrected chi connectivity index (χ3v) is 3.74. The average molecular weight is 326 g/mol. The van der Waals surface area contributed by atoms with Gasteiger partial charge in [0.1, 0.15) is 12.7 Å². The fraction of sp³-hybridized carbons (Fsp3) is 0.263. The monoisotopic (exact) mass is 326 g/mol. The topological polar surface area (TPSA) is 61.8 Å². The predicted molar refractivity (Wildman–Crippen MR) is 86.7 cm³/mol. The first-order valence-corrected chi connectivity index (χ1v) is 7.82. The summed E-state index contributed by atoms with van der Waals surface area (Å²) < 4.78 is 16.2. The van der Waals surface area contributed by atoms with Gasteiger partial charge in [-0.1, -0.05) is 36.4 Å². The van der Waals surface area contributed by atoms with Gasteiger partial charge >= 0.3 is 11.9 Å². The van der Waals surface area contributed by atoms with E-state index in [1.165, 1.54) is 0 Å². The Morgan fingerprint density at radius 1 is 0.917 bits per heavy atom. The molecule has 24 heavy (non-hydrogen) atoms. The summed E-state index contributed by atoms with van der Waals surface area (Å²) in [5.41, 5.74) is 1.01. The molecule has 0 radical (unpaired) electrons. The molecule has 0 aromatic heterocycles. The summed E-state index contributed by atoms with van der Waals surface area (Å²) in [6.07, 6.45) is -0.0648. The summed E-state index contributed by atoms with van der Waals surface area (Å²) in [7, 11) is 0. The highest BCUT2D eigenvalue weighted by Crippen LogP contribution is 2.18. The molecule has 0 unspecified atom stereocenters. The molecule has 0 spiro atoms. The van der Waals surface area contributed by atoms with Crippen molar-refractivity contribution in [2.24, 2.45) is 0 Å². The second-order valence-corrected chi connectivity index (χ2v) is 5.55. The van der Waals surface area contributed by atoms with E-state index in [0.717, 1.165) is 0 Å². The molecule has 1 saturated heterocycles. The molecule has 1 heterocycles. The minimum atomic E-state index is -0.385. The molecule has 2 aromatic carbocycles. The summed E-state index contributed by atoms with van der Waals surface area (Å²) in [6.45, 7) is 0.458. The van der Waals surface area contributed by atoms with Gasteiger partial charge in [0.25, 0.3) is 0 Å². The Morgan fingerprint density at radius 2 is 1.50 bits per heavy atom. The molecule has 5 nitrogen and oxygen atoms in total. The van der Waals surface area contributed by atoms with Gasteiger partial charge in [0, 0.05) is 6.42 Å². The molecule has 5 heteroatoms. The van der Waals surface area contributed by atoms with E-state index < -0.39 is 0 Å². The van der Waals surface area contributed by atoms with Crippen LogP contribution in [0.1, 0.15) is 27.1 Å². The van der Waals surface area contributed by atoms with Crippen LogP contribution in [-0.2, 0) is 14.2 Å². The Labute approximate surface area is 140 Å². The van der Waals surface area contributed by atoms with Crippen LogP contribution in [0.5, 0.6) is 0 Å². The number of carbonyl (C=O) groups is 2. The van der Waals surface area contributed by atoms with Crippen LogP contribution in [0.25, 0.3) is 0 Å². The van der Waals surface area contributed by atoms with Crippen molar-refractivity contribution in [2.45, 2.75) is 18.6 Å². The molecule has 124 valence electrons. The van der Waals surface area contributed by atoms with Gasteiger partial charge in [-0.15, -0.1) is 0 Å². The van der Waals surface area contributed by atoms with E-state index in [0.29, 0.717) is 24.2 Å². The first kappa shape index (κ1) is 16.2. The van der Waals surface area contributed by atoms with Gasteiger partial charge in [-0.05, 0) is 24.3 Å². The molecule has 2 atom stereocenters. The zero-order valence-corrected chi connectivity index (χ0v) is 13.1. The molecular formula is C19H18O5. The fourth-order valence-corrected chi connectivity index (χ4v) is 2.49. The number of esters is 2. The second kappa shape index (κ2) is 7.75. The van der Waals surface area contributed by atoms with Crippen LogP contribution in [0.4, 0.5) is 0 Å². The lowest BCUT2D eigenvalue weighted by Gasteiger charge is -2.11. The van der Waals surface area contributed by atoms with E-state index in [1.807, 2.05) is 12.1 Å². The van der Waals surface area contributed by atoms with Crippen molar-refractivity contribution in [3.8, 4) is 0 Å². The molecule has 1 aliphatic heterocycles. The van der Waals surface area contributed by atoms with E-state index in [9.17, 15) is 9.59 Å². The smallest absolute Gasteiger partial charge is 0.338 e. The maximum absolute atomic E-state index is 12.0. The van der Waals surface area contributed by atoms with Crippen molar-refractivity contribution in [3.63, 3.8) is 0 Å². The Bertz CT molecular complexity index is 683. The van der Waals surface area contributed by atoms with Gasteiger partial charge in [0.05, 0.1) is 23.8 Å². The molecule has 0 saturated carbocycles. The van der Waals surface area contributed by atoms with Gasteiger partial charge in [0.15, 0.2) is 0 Å². The van der Waals surface area contributed by atoms with Crippen molar-refractivity contribution >= 4 is 11.9 Å². The lowest BCUT2D eigenvalue weighted by molar-refractivity contribution is 0.0116. The predicted octanol–water partition coefficient (Wildman–Crippen LogP) is 2.86. The van der Waals surface area contributed by atoms with Crippen LogP contribution in [0.2, 0.25) is 0 Å². The zero-order chi connectivity index (χ0) is 16.8. The number of hydrogen-bond acceptors (Lipinski definition) is 5. The van der Waals surface area contributed by atoms with Gasteiger partial charge in [0.2, 0.25) is 0 Å². The summed E-state index contributed by atoms with van der Waals surface area (Å²) in [5, 5.41) is 0. The molecule has 0 N–H and O–H groups in total. The van der Waals surface area contributed by atoms with Gasteiger partial charge in [-0.3, -0.25) is 0 Å². The van der Waals surface area contributed by atoms with E-state index in [4.69, 9.17) is 14.2 Å². The number of hydrogen-bond donors (Lipinski definition) is 0. The van der Waals surface area contributed by atoms with Gasteiger partial charge in [-0.25, -0.2) is 9.59 Å². The highest BCUT2D eigenvalue weighted by atomic mass is 16.6. The third-order valence-electron chi connectivity index (χ3n) is 3.74. The van der Waals surface area contributed by atoms with Crippen molar-refractivity contribution in [1.29, 1.82) is 0 Å². The van der Waals surface area contributed by atoms with Crippen molar-refractivity contribution in [2.75, 3.05) is 13.2 Å². The molecule has 3 rings (SSSR count). The molecule has 2 aromatic rings. The average Bonchev–Trinajstić information content (AvgIpc) is 3.08. The molecule has 0 bridgehead atoms. The van der Waals surface area contributed by atoms with Crippen LogP contribution in [-0.4, -0.2) is 37.4 Å².